The molecule has 1 aromatic rings. The van der Waals surface area contributed by atoms with E-state index in [0.29, 0.717) is 10.8 Å². The maximum Gasteiger partial charge on any atom is 0.337 e. The van der Waals surface area contributed by atoms with Crippen LogP contribution in [0.15, 0.2) is 12.3 Å². The summed E-state index contributed by atoms with van der Waals surface area (Å²) in [5, 5.41) is 9.22. The van der Waals surface area contributed by atoms with Gasteiger partial charge < -0.3 is 10.0 Å². The van der Waals surface area contributed by atoms with Crippen molar-refractivity contribution in [2.45, 2.75) is 33.2 Å². The van der Waals surface area contributed by atoms with Crippen LogP contribution in [-0.4, -0.2) is 28.6 Å². The number of hydrogen-bond acceptors (Lipinski definition) is 3. The zero-order valence-corrected chi connectivity index (χ0v) is 11.0. The van der Waals surface area contributed by atoms with E-state index in [-0.39, 0.29) is 11.6 Å². The number of nitrogens with zero attached hydrogens (tertiary/aromatic N) is 2. The van der Waals surface area contributed by atoms with Gasteiger partial charge in [0.25, 0.3) is 0 Å². The Bertz CT molecular complexity index is 407. The number of hydrogen-bond donors (Lipinski definition) is 1. The second-order valence-electron chi connectivity index (χ2n) is 4.12. The van der Waals surface area contributed by atoms with Gasteiger partial charge in [-0.3, -0.25) is 0 Å². The van der Waals surface area contributed by atoms with Crippen molar-refractivity contribution >= 4 is 23.4 Å². The molecule has 0 aliphatic carbocycles. The van der Waals surface area contributed by atoms with Crippen LogP contribution in [0.5, 0.6) is 0 Å². The van der Waals surface area contributed by atoms with Gasteiger partial charge in [-0.15, -0.1) is 0 Å². The molecule has 0 amide bonds. The highest BCUT2D eigenvalue weighted by atomic mass is 35.5. The molecule has 0 radical (unpaired) electrons. The Morgan fingerprint density at radius 3 is 2.65 bits per heavy atom. The lowest BCUT2D eigenvalue weighted by molar-refractivity contribution is 0.0696. The zero-order chi connectivity index (χ0) is 13.0. The quantitative estimate of drug-likeness (QED) is 0.880. The SMILES string of the molecule is CCCN(c1ncc(C(=O)O)cc1Cl)C(C)C. The maximum atomic E-state index is 10.8. The molecule has 1 heterocycles. The minimum Gasteiger partial charge on any atom is -0.478 e. The molecule has 1 N–H and O–H groups in total. The zero-order valence-electron chi connectivity index (χ0n) is 10.3. The number of carboxylic acids is 1. The largest absolute Gasteiger partial charge is 0.478 e. The Labute approximate surface area is 106 Å². The third-order valence-electron chi connectivity index (χ3n) is 2.43. The van der Waals surface area contributed by atoms with Crippen LogP contribution >= 0.6 is 11.6 Å². The number of carbonyl (C=O) groups is 1. The number of carboxylic acid groups (broad SMARTS) is 1. The molecule has 0 saturated heterocycles. The molecule has 4 nitrogen and oxygen atoms in total. The Morgan fingerprint density at radius 1 is 1.59 bits per heavy atom. The second kappa shape index (κ2) is 5.87. The first-order valence-electron chi connectivity index (χ1n) is 5.62. The lowest BCUT2D eigenvalue weighted by Crippen LogP contribution is -2.32. The molecule has 5 heteroatoms. The topological polar surface area (TPSA) is 53.4 Å². The second-order valence-corrected chi connectivity index (χ2v) is 4.53. The minimum atomic E-state index is -1.02. The van der Waals surface area contributed by atoms with Crippen molar-refractivity contribution < 1.29 is 9.90 Å². The van der Waals surface area contributed by atoms with Crippen LogP contribution in [0.25, 0.3) is 0 Å². The molecule has 94 valence electrons. The Balaban J connectivity index is 3.08. The molecule has 0 atom stereocenters. The normalized spacial score (nSPS) is 10.6. The molecular weight excluding hydrogens is 240 g/mol. The number of pyridine rings is 1. The van der Waals surface area contributed by atoms with Crippen LogP contribution in [0, 0.1) is 0 Å². The van der Waals surface area contributed by atoms with Crippen molar-refractivity contribution in [3.63, 3.8) is 0 Å². The summed E-state index contributed by atoms with van der Waals surface area (Å²) in [4.78, 5) is 17.0. The van der Waals surface area contributed by atoms with Gasteiger partial charge in [0.2, 0.25) is 0 Å². The monoisotopic (exact) mass is 256 g/mol. The average Bonchev–Trinajstić information content (AvgIpc) is 2.26. The summed E-state index contributed by atoms with van der Waals surface area (Å²) in [5.74, 6) is -0.369. The molecule has 0 bridgehead atoms. The fraction of sp³-hybridized carbons (Fsp3) is 0.500. The van der Waals surface area contributed by atoms with E-state index < -0.39 is 5.97 Å². The number of aromatic carboxylic acids is 1. The summed E-state index contributed by atoms with van der Waals surface area (Å²) in [6.45, 7) is 7.03. The Morgan fingerprint density at radius 2 is 2.24 bits per heavy atom. The molecular formula is C12H17ClN2O2. The predicted octanol–water partition coefficient (Wildman–Crippen LogP) is 3.06. The van der Waals surface area contributed by atoms with Crippen LogP contribution in [-0.2, 0) is 0 Å². The summed E-state index contributed by atoms with van der Waals surface area (Å²) in [5.41, 5.74) is 0.110. The molecule has 0 spiro atoms. The summed E-state index contributed by atoms with van der Waals surface area (Å²) in [6, 6.07) is 1.72. The first kappa shape index (κ1) is 13.8. The number of anilines is 1. The number of halogens is 1. The fourth-order valence-electron chi connectivity index (χ4n) is 1.61. The highest BCUT2D eigenvalue weighted by Gasteiger charge is 2.16. The predicted molar refractivity (Wildman–Crippen MR) is 69.0 cm³/mol. The van der Waals surface area contributed by atoms with Gasteiger partial charge in [-0.25, -0.2) is 9.78 Å². The van der Waals surface area contributed by atoms with E-state index in [1.807, 2.05) is 0 Å². The minimum absolute atomic E-state index is 0.110. The van der Waals surface area contributed by atoms with Crippen molar-refractivity contribution in [2.75, 3.05) is 11.4 Å². The lowest BCUT2D eigenvalue weighted by atomic mass is 10.2. The standard InChI is InChI=1S/C12H17ClN2O2/c1-4-5-15(8(2)3)11-10(13)6-9(7-14-11)12(16)17/h6-8H,4-5H2,1-3H3,(H,16,17). The molecule has 0 fully saturated rings. The number of aromatic nitrogens is 1. The summed E-state index contributed by atoms with van der Waals surface area (Å²) in [7, 11) is 0. The van der Waals surface area contributed by atoms with Crippen molar-refractivity contribution in [3.05, 3.63) is 22.8 Å². The molecule has 0 unspecified atom stereocenters. The molecule has 1 aromatic heterocycles. The Hall–Kier alpha value is -1.29. The third kappa shape index (κ3) is 3.33. The summed E-state index contributed by atoms with van der Waals surface area (Å²) >= 11 is 6.08. The van der Waals surface area contributed by atoms with Crippen molar-refractivity contribution in [1.82, 2.24) is 4.98 Å². The van der Waals surface area contributed by atoms with E-state index >= 15 is 0 Å². The van der Waals surface area contributed by atoms with Crippen LogP contribution in [0.3, 0.4) is 0 Å². The van der Waals surface area contributed by atoms with Crippen molar-refractivity contribution in [2.24, 2.45) is 0 Å². The highest BCUT2D eigenvalue weighted by Crippen LogP contribution is 2.25. The van der Waals surface area contributed by atoms with Crippen molar-refractivity contribution in [3.8, 4) is 0 Å². The lowest BCUT2D eigenvalue weighted by Gasteiger charge is -2.28. The van der Waals surface area contributed by atoms with Gasteiger partial charge in [-0.1, -0.05) is 18.5 Å². The van der Waals surface area contributed by atoms with Crippen LogP contribution < -0.4 is 4.90 Å². The molecule has 0 aliphatic heterocycles. The molecule has 0 aromatic carbocycles. The summed E-state index contributed by atoms with van der Waals surface area (Å²) in [6.07, 6.45) is 2.32. The van der Waals surface area contributed by atoms with E-state index in [9.17, 15) is 4.79 Å². The van der Waals surface area contributed by atoms with Crippen molar-refractivity contribution in [1.29, 1.82) is 0 Å². The number of rotatable bonds is 5. The highest BCUT2D eigenvalue weighted by molar-refractivity contribution is 6.33. The molecule has 1 rings (SSSR count). The third-order valence-corrected chi connectivity index (χ3v) is 2.71. The van der Waals surface area contributed by atoms with Crippen LogP contribution in [0.4, 0.5) is 5.82 Å². The maximum absolute atomic E-state index is 10.8. The first-order valence-corrected chi connectivity index (χ1v) is 6.00. The van der Waals surface area contributed by atoms with E-state index in [4.69, 9.17) is 16.7 Å². The smallest absolute Gasteiger partial charge is 0.337 e. The van der Waals surface area contributed by atoms with E-state index in [1.165, 1.54) is 12.3 Å². The van der Waals surface area contributed by atoms with E-state index in [0.717, 1.165) is 13.0 Å². The molecule has 0 aliphatic rings. The van der Waals surface area contributed by atoms with E-state index in [1.54, 1.807) is 0 Å². The van der Waals surface area contributed by atoms with Gasteiger partial charge in [-0.2, -0.15) is 0 Å². The van der Waals surface area contributed by atoms with Gasteiger partial charge in [0.15, 0.2) is 0 Å². The summed E-state index contributed by atoms with van der Waals surface area (Å²) < 4.78 is 0. The van der Waals surface area contributed by atoms with E-state index in [2.05, 4.69) is 30.7 Å². The van der Waals surface area contributed by atoms with Gasteiger partial charge in [0, 0.05) is 18.8 Å². The Kier molecular flexibility index (Phi) is 4.75. The van der Waals surface area contributed by atoms with Crippen LogP contribution in [0.1, 0.15) is 37.6 Å². The first-order chi connectivity index (χ1) is 7.97. The molecule has 17 heavy (non-hydrogen) atoms. The fourth-order valence-corrected chi connectivity index (χ4v) is 1.88. The molecule has 0 saturated carbocycles. The average molecular weight is 257 g/mol. The van der Waals surface area contributed by atoms with Gasteiger partial charge in [-0.05, 0) is 26.3 Å². The van der Waals surface area contributed by atoms with Gasteiger partial charge in [0.1, 0.15) is 5.82 Å². The van der Waals surface area contributed by atoms with Crippen LogP contribution in [0.2, 0.25) is 5.02 Å². The van der Waals surface area contributed by atoms with Gasteiger partial charge in [0.05, 0.1) is 10.6 Å². The van der Waals surface area contributed by atoms with Gasteiger partial charge >= 0.3 is 5.97 Å².